The highest BCUT2D eigenvalue weighted by molar-refractivity contribution is 5.71. The summed E-state index contributed by atoms with van der Waals surface area (Å²) in [5.41, 5.74) is 4.77. The molecule has 0 amide bonds. The van der Waals surface area contributed by atoms with Crippen LogP contribution in [0.3, 0.4) is 0 Å². The van der Waals surface area contributed by atoms with Crippen LogP contribution >= 0.6 is 0 Å². The normalized spacial score (nSPS) is 11.2. The third kappa shape index (κ3) is 14.5. The highest BCUT2D eigenvalue weighted by atomic mass is 16.5. The van der Waals surface area contributed by atoms with E-state index in [1.807, 2.05) is 48.6 Å². The molecule has 0 bridgehead atoms. The molecule has 54 heavy (non-hydrogen) atoms. The van der Waals surface area contributed by atoms with Crippen molar-refractivity contribution in [3.8, 4) is 23.0 Å². The van der Waals surface area contributed by atoms with E-state index in [1.165, 1.54) is 0 Å². The molecule has 4 rings (SSSR count). The summed E-state index contributed by atoms with van der Waals surface area (Å²) in [7, 11) is 0. The van der Waals surface area contributed by atoms with E-state index in [0.717, 1.165) is 33.4 Å². The summed E-state index contributed by atoms with van der Waals surface area (Å²) in [6, 6.07) is 27.7. The van der Waals surface area contributed by atoms with E-state index in [4.69, 9.17) is 39.4 Å². The molecule has 0 aliphatic carbocycles. The van der Waals surface area contributed by atoms with Crippen LogP contribution in [0.5, 0.6) is 23.0 Å². The third-order valence-corrected chi connectivity index (χ3v) is 7.12. The fraction of sp³-hybridized carbons (Fsp3) is 0.0952. The van der Waals surface area contributed by atoms with Crippen LogP contribution in [0.1, 0.15) is 22.3 Å². The smallest absolute Gasteiger partial charge is 0.341 e. The second kappa shape index (κ2) is 20.5. The van der Waals surface area contributed by atoms with Crippen LogP contribution in [0.15, 0.2) is 133 Å². The Bertz CT molecular complexity index is 1740. The van der Waals surface area contributed by atoms with Gasteiger partial charge < -0.3 is 39.4 Å². The Hall–Kier alpha value is -7.34. The summed E-state index contributed by atoms with van der Waals surface area (Å²) >= 11 is 0. The molecule has 0 unspecified atom stereocenters. The standard InChI is InChI=1S/C42H36O12/c43-39(44)25-51-35-17-5-29(6-18-35)1-13-33(14-2-30-7-19-36(20-8-30)52-26-40(45)46)34(15-3-31-9-21-37(22-10-31)53-27-41(47)48)16-4-32-11-23-38(24-12-32)54-28-42(49)50/h1-24H,25-28H2,(H,43,44)(H,45,46)(H,47,48)(H,49,50). The van der Waals surface area contributed by atoms with Crippen molar-refractivity contribution in [1.82, 2.24) is 0 Å². The number of hydrogen-bond donors (Lipinski definition) is 4. The van der Waals surface area contributed by atoms with Crippen molar-refractivity contribution >= 4 is 48.2 Å². The van der Waals surface area contributed by atoms with Gasteiger partial charge in [-0.3, -0.25) is 0 Å². The van der Waals surface area contributed by atoms with Crippen LogP contribution in [-0.2, 0) is 19.2 Å². The second-order valence-corrected chi connectivity index (χ2v) is 11.2. The number of ether oxygens (including phenoxy) is 4. The largest absolute Gasteiger partial charge is 0.482 e. The molecular weight excluding hydrogens is 696 g/mol. The van der Waals surface area contributed by atoms with Crippen molar-refractivity contribution in [2.24, 2.45) is 0 Å². The van der Waals surface area contributed by atoms with Crippen LogP contribution in [0.25, 0.3) is 24.3 Å². The van der Waals surface area contributed by atoms with Crippen LogP contribution in [0, 0.1) is 0 Å². The maximum Gasteiger partial charge on any atom is 0.341 e. The summed E-state index contributed by atoms with van der Waals surface area (Å²) in [6.45, 7) is -1.84. The first-order valence-corrected chi connectivity index (χ1v) is 16.3. The van der Waals surface area contributed by atoms with Crippen molar-refractivity contribution in [3.05, 3.63) is 155 Å². The molecule has 4 aromatic rings. The molecule has 12 nitrogen and oxygen atoms in total. The van der Waals surface area contributed by atoms with Crippen LogP contribution in [0.4, 0.5) is 0 Å². The van der Waals surface area contributed by atoms with Gasteiger partial charge in [0.1, 0.15) is 23.0 Å². The molecule has 0 spiro atoms. The van der Waals surface area contributed by atoms with Crippen LogP contribution in [-0.4, -0.2) is 70.7 Å². The van der Waals surface area contributed by atoms with Crippen molar-refractivity contribution in [2.75, 3.05) is 26.4 Å². The maximum atomic E-state index is 10.9. The number of benzene rings is 4. The molecule has 0 atom stereocenters. The molecule has 276 valence electrons. The third-order valence-electron chi connectivity index (χ3n) is 7.12. The van der Waals surface area contributed by atoms with Gasteiger partial charge in [0.15, 0.2) is 26.4 Å². The zero-order valence-corrected chi connectivity index (χ0v) is 28.7. The molecule has 0 saturated heterocycles. The molecule has 0 aromatic heterocycles. The number of carboxylic acids is 4. The van der Waals surface area contributed by atoms with Gasteiger partial charge in [-0.1, -0.05) is 97.1 Å². The van der Waals surface area contributed by atoms with Gasteiger partial charge in [0, 0.05) is 0 Å². The number of carboxylic acid groups (broad SMARTS) is 4. The molecule has 0 radical (unpaired) electrons. The zero-order chi connectivity index (χ0) is 38.7. The lowest BCUT2D eigenvalue weighted by Gasteiger charge is -2.06. The minimum absolute atomic E-state index is 0.409. The van der Waals surface area contributed by atoms with Gasteiger partial charge in [0.2, 0.25) is 0 Å². The average Bonchev–Trinajstić information content (AvgIpc) is 3.16. The van der Waals surface area contributed by atoms with Crippen molar-refractivity contribution in [3.63, 3.8) is 0 Å². The summed E-state index contributed by atoms with van der Waals surface area (Å²) in [5.74, 6) is -2.69. The summed E-state index contributed by atoms with van der Waals surface area (Å²) in [6.07, 6.45) is 15.2. The first kappa shape index (κ1) is 39.4. The van der Waals surface area contributed by atoms with Gasteiger partial charge in [-0.05, 0) is 81.9 Å². The van der Waals surface area contributed by atoms with E-state index in [-0.39, 0.29) is 0 Å². The van der Waals surface area contributed by atoms with Crippen LogP contribution in [0.2, 0.25) is 0 Å². The quantitative estimate of drug-likeness (QED) is 0.0684. The lowest BCUT2D eigenvalue weighted by atomic mass is 10.0. The van der Waals surface area contributed by atoms with E-state index in [1.54, 1.807) is 97.1 Å². The first-order chi connectivity index (χ1) is 26.0. The zero-order valence-electron chi connectivity index (χ0n) is 28.7. The molecule has 4 N–H and O–H groups in total. The molecular formula is C42H36O12. The van der Waals surface area contributed by atoms with Gasteiger partial charge in [0.05, 0.1) is 0 Å². The van der Waals surface area contributed by atoms with Gasteiger partial charge in [-0.2, -0.15) is 0 Å². The summed E-state index contributed by atoms with van der Waals surface area (Å²) in [5, 5.41) is 35.7. The number of carbonyl (C=O) groups is 4. The Morgan fingerprint density at radius 2 is 0.537 bits per heavy atom. The topological polar surface area (TPSA) is 186 Å². The van der Waals surface area contributed by atoms with Gasteiger partial charge in [-0.25, -0.2) is 19.2 Å². The Balaban J connectivity index is 1.73. The Morgan fingerprint density at radius 1 is 0.352 bits per heavy atom. The van der Waals surface area contributed by atoms with E-state index in [9.17, 15) is 19.2 Å². The second-order valence-electron chi connectivity index (χ2n) is 11.2. The first-order valence-electron chi connectivity index (χ1n) is 16.3. The molecule has 4 aromatic carbocycles. The Kier molecular flexibility index (Phi) is 15.0. The SMILES string of the molecule is O=C(O)COc1ccc(C=CC(C=Cc2ccc(OCC(=O)O)cc2)=C(C=Cc2ccc(OCC(=O)O)cc2)C=Cc2ccc(OCC(=O)O)cc2)cc1. The molecule has 0 aliphatic heterocycles. The van der Waals surface area contributed by atoms with Crippen molar-refractivity contribution < 1.29 is 58.6 Å². The Morgan fingerprint density at radius 3 is 0.704 bits per heavy atom. The van der Waals surface area contributed by atoms with Gasteiger partial charge in [-0.15, -0.1) is 0 Å². The van der Waals surface area contributed by atoms with Gasteiger partial charge >= 0.3 is 23.9 Å². The Labute approximate surface area is 310 Å². The molecule has 0 fully saturated rings. The fourth-order valence-electron chi connectivity index (χ4n) is 4.52. The van der Waals surface area contributed by atoms with Gasteiger partial charge in [0.25, 0.3) is 0 Å². The minimum Gasteiger partial charge on any atom is -0.482 e. The van der Waals surface area contributed by atoms with Crippen LogP contribution < -0.4 is 18.9 Å². The predicted octanol–water partition coefficient (Wildman–Crippen LogP) is 6.99. The summed E-state index contributed by atoms with van der Waals surface area (Å²) in [4.78, 5) is 43.6. The minimum atomic E-state index is -1.08. The average molecular weight is 733 g/mol. The highest BCUT2D eigenvalue weighted by Crippen LogP contribution is 2.22. The molecule has 0 heterocycles. The lowest BCUT2D eigenvalue weighted by Crippen LogP contribution is -2.09. The number of aliphatic carboxylic acids is 4. The number of allylic oxidation sites excluding steroid dienone is 6. The van der Waals surface area contributed by atoms with E-state index < -0.39 is 50.3 Å². The van der Waals surface area contributed by atoms with E-state index >= 15 is 0 Å². The molecule has 0 aliphatic rings. The lowest BCUT2D eigenvalue weighted by molar-refractivity contribution is -0.140. The molecule has 0 saturated carbocycles. The molecule has 12 heteroatoms. The highest BCUT2D eigenvalue weighted by Gasteiger charge is 2.04. The number of hydrogen-bond acceptors (Lipinski definition) is 8. The monoisotopic (exact) mass is 732 g/mol. The van der Waals surface area contributed by atoms with Crippen molar-refractivity contribution in [2.45, 2.75) is 0 Å². The van der Waals surface area contributed by atoms with E-state index in [2.05, 4.69) is 0 Å². The maximum absolute atomic E-state index is 10.9. The van der Waals surface area contributed by atoms with E-state index in [0.29, 0.717) is 23.0 Å². The summed E-state index contributed by atoms with van der Waals surface area (Å²) < 4.78 is 21.0. The fourth-order valence-corrected chi connectivity index (χ4v) is 4.52. The van der Waals surface area contributed by atoms with Crippen molar-refractivity contribution in [1.29, 1.82) is 0 Å². The predicted molar refractivity (Wildman–Crippen MR) is 201 cm³/mol. The number of rotatable bonds is 20.